The lowest BCUT2D eigenvalue weighted by atomic mass is 9.84. The molecule has 1 aromatic carbocycles. The number of hydrogen-bond acceptors (Lipinski definition) is 4. The molecule has 130 valence electrons. The first-order valence-electron chi connectivity index (χ1n) is 8.51. The summed E-state index contributed by atoms with van der Waals surface area (Å²) in [7, 11) is -3.62. The van der Waals surface area contributed by atoms with Gasteiger partial charge in [0.2, 0.25) is 10.0 Å². The van der Waals surface area contributed by atoms with Crippen LogP contribution in [0.2, 0.25) is 0 Å². The zero-order valence-electron chi connectivity index (χ0n) is 13.6. The summed E-state index contributed by atoms with van der Waals surface area (Å²) in [5.41, 5.74) is 0.404. The highest BCUT2D eigenvalue weighted by Gasteiger charge is 2.42. The van der Waals surface area contributed by atoms with Crippen molar-refractivity contribution in [3.05, 3.63) is 18.2 Å². The Hall–Kier alpha value is -1.60. The lowest BCUT2D eigenvalue weighted by molar-refractivity contribution is -0.118. The van der Waals surface area contributed by atoms with Crippen molar-refractivity contribution in [2.24, 2.45) is 17.8 Å². The van der Waals surface area contributed by atoms with Crippen molar-refractivity contribution in [3.63, 3.8) is 0 Å². The van der Waals surface area contributed by atoms with Gasteiger partial charge in [-0.05, 0) is 62.1 Å². The number of nitrogens with one attached hydrogen (secondary N) is 2. The number of rotatable bonds is 4. The van der Waals surface area contributed by atoms with Crippen LogP contribution in [0.3, 0.4) is 0 Å². The standard InChI is InChI=1S/C17H22N2O4S/c1-10(14-7-11-2-3-12(14)6-11)19-24(21,22)13-4-5-16-15(8-13)18-17(20)9-23-16/h4-5,8,10-12,14,19H,2-3,6-7,9H2,1H3,(H,18,20). The van der Waals surface area contributed by atoms with Crippen molar-refractivity contribution in [1.82, 2.24) is 4.72 Å². The first kappa shape index (κ1) is 15.9. The van der Waals surface area contributed by atoms with Gasteiger partial charge in [0.1, 0.15) is 5.75 Å². The van der Waals surface area contributed by atoms with Crippen LogP contribution >= 0.6 is 0 Å². The molecule has 3 aliphatic rings. The van der Waals surface area contributed by atoms with Crippen LogP contribution in [0.1, 0.15) is 32.6 Å². The normalized spacial score (nSPS) is 29.7. The molecule has 4 atom stereocenters. The smallest absolute Gasteiger partial charge is 0.262 e. The van der Waals surface area contributed by atoms with Gasteiger partial charge in [-0.3, -0.25) is 4.79 Å². The first-order valence-corrected chi connectivity index (χ1v) is 10.00. The molecule has 4 rings (SSSR count). The zero-order valence-corrected chi connectivity index (χ0v) is 14.4. The van der Waals surface area contributed by atoms with Gasteiger partial charge in [-0.15, -0.1) is 0 Å². The summed E-state index contributed by atoms with van der Waals surface area (Å²) >= 11 is 0. The minimum atomic E-state index is -3.62. The Kier molecular flexibility index (Phi) is 3.80. The van der Waals surface area contributed by atoms with E-state index in [4.69, 9.17) is 4.74 Å². The fraction of sp³-hybridized carbons (Fsp3) is 0.588. The number of ether oxygens (including phenoxy) is 1. The van der Waals surface area contributed by atoms with E-state index in [1.807, 2.05) is 6.92 Å². The maximum Gasteiger partial charge on any atom is 0.262 e. The van der Waals surface area contributed by atoms with Crippen molar-refractivity contribution in [3.8, 4) is 5.75 Å². The van der Waals surface area contributed by atoms with E-state index in [9.17, 15) is 13.2 Å². The molecule has 24 heavy (non-hydrogen) atoms. The molecule has 0 spiro atoms. The molecule has 0 aromatic heterocycles. The van der Waals surface area contributed by atoms with Gasteiger partial charge >= 0.3 is 0 Å². The van der Waals surface area contributed by atoms with E-state index in [1.54, 1.807) is 6.07 Å². The SMILES string of the molecule is CC(NS(=O)(=O)c1ccc2c(c1)NC(=O)CO2)C1CC2CCC1C2. The Bertz CT molecular complexity index is 777. The number of sulfonamides is 1. The van der Waals surface area contributed by atoms with E-state index in [1.165, 1.54) is 31.4 Å². The van der Waals surface area contributed by atoms with E-state index in [2.05, 4.69) is 10.0 Å². The van der Waals surface area contributed by atoms with E-state index in [0.717, 1.165) is 12.3 Å². The summed E-state index contributed by atoms with van der Waals surface area (Å²) in [5, 5.41) is 2.65. The fourth-order valence-corrected chi connectivity index (χ4v) is 5.86. The Labute approximate surface area is 142 Å². The minimum absolute atomic E-state index is 0.0430. The van der Waals surface area contributed by atoms with Gasteiger partial charge in [-0.25, -0.2) is 13.1 Å². The van der Waals surface area contributed by atoms with E-state index in [-0.39, 0.29) is 23.5 Å². The summed E-state index contributed by atoms with van der Waals surface area (Å²) in [6, 6.07) is 4.49. The van der Waals surface area contributed by atoms with Crippen LogP contribution in [-0.2, 0) is 14.8 Å². The monoisotopic (exact) mass is 350 g/mol. The number of hydrogen-bond donors (Lipinski definition) is 2. The Morgan fingerprint density at radius 1 is 1.29 bits per heavy atom. The molecule has 1 amide bonds. The minimum Gasteiger partial charge on any atom is -0.482 e. The van der Waals surface area contributed by atoms with Crippen molar-refractivity contribution in [1.29, 1.82) is 0 Å². The molecular formula is C17H22N2O4S. The molecule has 2 fully saturated rings. The number of anilines is 1. The average molecular weight is 350 g/mol. The second-order valence-electron chi connectivity index (χ2n) is 7.24. The summed E-state index contributed by atoms with van der Waals surface area (Å²) in [4.78, 5) is 11.6. The average Bonchev–Trinajstić information content (AvgIpc) is 3.16. The largest absolute Gasteiger partial charge is 0.482 e. The molecule has 7 heteroatoms. The van der Waals surface area contributed by atoms with Crippen molar-refractivity contribution < 1.29 is 17.9 Å². The second-order valence-corrected chi connectivity index (χ2v) is 8.96. The number of carbonyl (C=O) groups is 1. The molecule has 0 radical (unpaired) electrons. The molecule has 2 N–H and O–H groups in total. The molecule has 1 aromatic rings. The second kappa shape index (κ2) is 5.74. The zero-order chi connectivity index (χ0) is 16.9. The van der Waals surface area contributed by atoms with Gasteiger partial charge in [0.15, 0.2) is 6.61 Å². The van der Waals surface area contributed by atoms with Crippen LogP contribution in [0.25, 0.3) is 0 Å². The summed E-state index contributed by atoms with van der Waals surface area (Å²) in [6.07, 6.45) is 4.90. The molecule has 1 heterocycles. The van der Waals surface area contributed by atoms with E-state index >= 15 is 0 Å². The van der Waals surface area contributed by atoms with Crippen molar-refractivity contribution >= 4 is 21.6 Å². The third-order valence-electron chi connectivity index (χ3n) is 5.67. The summed E-state index contributed by atoms with van der Waals surface area (Å²) in [6.45, 7) is 1.92. The first-order chi connectivity index (χ1) is 11.4. The van der Waals surface area contributed by atoms with Gasteiger partial charge < -0.3 is 10.1 Å². The lowest BCUT2D eigenvalue weighted by Crippen LogP contribution is -2.40. The van der Waals surface area contributed by atoms with Crippen LogP contribution in [0.5, 0.6) is 5.75 Å². The topological polar surface area (TPSA) is 84.5 Å². The van der Waals surface area contributed by atoms with E-state index in [0.29, 0.717) is 23.3 Å². The third kappa shape index (κ3) is 2.80. The van der Waals surface area contributed by atoms with Crippen LogP contribution in [0.15, 0.2) is 23.1 Å². The number of fused-ring (bicyclic) bond motifs is 3. The van der Waals surface area contributed by atoms with Crippen molar-refractivity contribution in [2.45, 2.75) is 43.5 Å². The van der Waals surface area contributed by atoms with Gasteiger partial charge in [0, 0.05) is 6.04 Å². The quantitative estimate of drug-likeness (QED) is 0.871. The molecule has 1 aliphatic heterocycles. The van der Waals surface area contributed by atoms with Crippen LogP contribution in [0.4, 0.5) is 5.69 Å². The summed E-state index contributed by atoms with van der Waals surface area (Å²) in [5.74, 6) is 2.08. The molecule has 4 unspecified atom stereocenters. The summed E-state index contributed by atoms with van der Waals surface area (Å²) < 4.78 is 33.5. The maximum atomic E-state index is 12.7. The predicted octanol–water partition coefficient (Wildman–Crippen LogP) is 2.12. The third-order valence-corrected chi connectivity index (χ3v) is 7.23. The molecule has 6 nitrogen and oxygen atoms in total. The van der Waals surface area contributed by atoms with Crippen molar-refractivity contribution in [2.75, 3.05) is 11.9 Å². The molecule has 2 aliphatic carbocycles. The van der Waals surface area contributed by atoms with Crippen LogP contribution < -0.4 is 14.8 Å². The highest BCUT2D eigenvalue weighted by molar-refractivity contribution is 7.89. The van der Waals surface area contributed by atoms with Crippen LogP contribution in [-0.4, -0.2) is 27.0 Å². The highest BCUT2D eigenvalue weighted by atomic mass is 32.2. The number of amides is 1. The number of carbonyl (C=O) groups excluding carboxylic acids is 1. The molecule has 0 saturated heterocycles. The molecule has 2 saturated carbocycles. The number of benzene rings is 1. The maximum absolute atomic E-state index is 12.7. The lowest BCUT2D eigenvalue weighted by Gasteiger charge is -2.28. The van der Waals surface area contributed by atoms with E-state index < -0.39 is 10.0 Å². The highest BCUT2D eigenvalue weighted by Crippen LogP contribution is 2.49. The van der Waals surface area contributed by atoms with Gasteiger partial charge in [0.25, 0.3) is 5.91 Å². The van der Waals surface area contributed by atoms with Gasteiger partial charge in [-0.1, -0.05) is 6.42 Å². The Balaban J connectivity index is 1.52. The van der Waals surface area contributed by atoms with Crippen LogP contribution in [0, 0.1) is 17.8 Å². The molecule has 2 bridgehead atoms. The Morgan fingerprint density at radius 2 is 2.12 bits per heavy atom. The fourth-order valence-electron chi connectivity index (χ4n) is 4.54. The van der Waals surface area contributed by atoms with Gasteiger partial charge in [-0.2, -0.15) is 0 Å². The molecular weight excluding hydrogens is 328 g/mol. The predicted molar refractivity (Wildman–Crippen MR) is 89.3 cm³/mol. The Morgan fingerprint density at radius 3 is 2.83 bits per heavy atom. The van der Waals surface area contributed by atoms with Gasteiger partial charge in [0.05, 0.1) is 10.6 Å².